The second-order valence-electron chi connectivity index (χ2n) is 13.3. The van der Waals surface area contributed by atoms with Crippen LogP contribution >= 0.6 is 0 Å². The minimum atomic E-state index is 0.849. The topological polar surface area (TPSA) is 16.4 Å². The van der Waals surface area contributed by atoms with E-state index < -0.39 is 0 Å². The summed E-state index contributed by atoms with van der Waals surface area (Å²) in [6.45, 7) is 3.92. The van der Waals surface area contributed by atoms with E-state index in [0.29, 0.717) is 0 Å². The summed E-state index contributed by atoms with van der Waals surface area (Å²) in [4.78, 5) is 2.32. The highest BCUT2D eigenvalue weighted by Crippen LogP contribution is 2.40. The number of nitrogens with zero attached hydrogens (tertiary/aromatic N) is 1. The molecule has 0 saturated heterocycles. The Labute approximate surface area is 304 Å². The van der Waals surface area contributed by atoms with E-state index >= 15 is 0 Å². The van der Waals surface area contributed by atoms with Crippen molar-refractivity contribution in [2.24, 2.45) is 0 Å². The Morgan fingerprint density at radius 2 is 1.13 bits per heavy atom. The van der Waals surface area contributed by atoms with Crippen LogP contribution in [-0.2, 0) is 12.8 Å². The van der Waals surface area contributed by atoms with Gasteiger partial charge in [-0.1, -0.05) is 133 Å². The first-order chi connectivity index (χ1) is 25.7. The van der Waals surface area contributed by atoms with Gasteiger partial charge in [-0.2, -0.15) is 0 Å². The fourth-order valence-corrected chi connectivity index (χ4v) is 7.53. The molecule has 0 bridgehead atoms. The third kappa shape index (κ3) is 5.85. The smallest absolute Gasteiger partial charge is 0.137 e. The van der Waals surface area contributed by atoms with Crippen molar-refractivity contribution in [3.8, 4) is 11.1 Å². The molecule has 1 aromatic heterocycles. The molecule has 2 heteroatoms. The lowest BCUT2D eigenvalue weighted by atomic mass is 9.93. The molecule has 0 N–H and O–H groups in total. The fraction of sp³-hybridized carbons (Fsp3) is 0.0400. The zero-order valence-corrected chi connectivity index (χ0v) is 28.9. The van der Waals surface area contributed by atoms with Crippen molar-refractivity contribution in [2.45, 2.75) is 12.8 Å². The van der Waals surface area contributed by atoms with Crippen LogP contribution in [0.15, 0.2) is 193 Å². The summed E-state index contributed by atoms with van der Waals surface area (Å²) < 4.78 is 6.35. The van der Waals surface area contributed by atoms with Gasteiger partial charge in [0.2, 0.25) is 0 Å². The SMILES string of the molecule is C=CCc1ccccc1/C=C\Cc1ccc(N(c2ccc(-c3cc4ccccc4c4ccccc34)cc2)c2ccc3c(c2)oc2ccccc23)cc1. The normalized spacial score (nSPS) is 11.6. The average Bonchev–Trinajstić information content (AvgIpc) is 3.57. The van der Waals surface area contributed by atoms with Gasteiger partial charge in [0.05, 0.1) is 0 Å². The Balaban J connectivity index is 1.09. The van der Waals surface area contributed by atoms with E-state index in [-0.39, 0.29) is 0 Å². The summed E-state index contributed by atoms with van der Waals surface area (Å²) in [6, 6.07) is 60.9. The van der Waals surface area contributed by atoms with Crippen LogP contribution in [-0.4, -0.2) is 0 Å². The van der Waals surface area contributed by atoms with Crippen LogP contribution in [0.1, 0.15) is 16.7 Å². The predicted octanol–water partition coefficient (Wildman–Crippen LogP) is 14.0. The Morgan fingerprint density at radius 3 is 1.94 bits per heavy atom. The summed E-state index contributed by atoms with van der Waals surface area (Å²) in [5.41, 5.74) is 11.2. The lowest BCUT2D eigenvalue weighted by Crippen LogP contribution is -2.09. The fourth-order valence-electron chi connectivity index (χ4n) is 7.53. The maximum absolute atomic E-state index is 6.35. The zero-order valence-electron chi connectivity index (χ0n) is 28.9. The molecule has 248 valence electrons. The average molecular weight is 668 g/mol. The highest BCUT2D eigenvalue weighted by atomic mass is 16.3. The molecule has 8 aromatic carbocycles. The molecule has 9 rings (SSSR count). The number of hydrogen-bond acceptors (Lipinski definition) is 2. The lowest BCUT2D eigenvalue weighted by Gasteiger charge is -2.26. The number of anilines is 3. The number of fused-ring (bicyclic) bond motifs is 6. The van der Waals surface area contributed by atoms with Gasteiger partial charge in [0.15, 0.2) is 0 Å². The monoisotopic (exact) mass is 667 g/mol. The van der Waals surface area contributed by atoms with Gasteiger partial charge in [0, 0.05) is 33.9 Å². The first kappa shape index (κ1) is 31.3. The molecule has 1 heterocycles. The van der Waals surface area contributed by atoms with Crippen molar-refractivity contribution in [3.63, 3.8) is 0 Å². The van der Waals surface area contributed by atoms with E-state index in [1.54, 1.807) is 0 Å². The maximum Gasteiger partial charge on any atom is 0.137 e. The first-order valence-corrected chi connectivity index (χ1v) is 17.9. The van der Waals surface area contributed by atoms with Crippen molar-refractivity contribution in [3.05, 3.63) is 205 Å². The first-order valence-electron chi connectivity index (χ1n) is 17.9. The van der Waals surface area contributed by atoms with Crippen molar-refractivity contribution in [2.75, 3.05) is 4.90 Å². The summed E-state index contributed by atoms with van der Waals surface area (Å²) in [6.07, 6.45) is 8.15. The van der Waals surface area contributed by atoms with Gasteiger partial charge in [-0.25, -0.2) is 0 Å². The molecule has 0 aliphatic rings. The molecule has 0 amide bonds. The van der Waals surface area contributed by atoms with Crippen molar-refractivity contribution in [1.82, 2.24) is 0 Å². The summed E-state index contributed by atoms with van der Waals surface area (Å²) in [7, 11) is 0. The Bertz CT molecular complexity index is 2750. The number of allylic oxidation sites excluding steroid dienone is 2. The van der Waals surface area contributed by atoms with Crippen LogP contribution in [0.3, 0.4) is 0 Å². The van der Waals surface area contributed by atoms with Crippen molar-refractivity contribution < 1.29 is 4.42 Å². The Hall–Kier alpha value is -6.64. The van der Waals surface area contributed by atoms with E-state index in [4.69, 9.17) is 4.42 Å². The van der Waals surface area contributed by atoms with Crippen LogP contribution in [0, 0.1) is 0 Å². The van der Waals surface area contributed by atoms with E-state index in [2.05, 4.69) is 181 Å². The minimum Gasteiger partial charge on any atom is -0.456 e. The van der Waals surface area contributed by atoms with Gasteiger partial charge in [0.1, 0.15) is 11.2 Å². The molecule has 0 fully saturated rings. The third-order valence-corrected chi connectivity index (χ3v) is 10.1. The van der Waals surface area contributed by atoms with Gasteiger partial charge < -0.3 is 9.32 Å². The van der Waals surface area contributed by atoms with Gasteiger partial charge in [-0.15, -0.1) is 6.58 Å². The molecule has 52 heavy (non-hydrogen) atoms. The number of furan rings is 1. The predicted molar refractivity (Wildman–Crippen MR) is 222 cm³/mol. The Morgan fingerprint density at radius 1 is 0.500 bits per heavy atom. The maximum atomic E-state index is 6.35. The number of para-hydroxylation sites is 1. The molecular formula is C50H37NO. The molecule has 0 aliphatic carbocycles. The van der Waals surface area contributed by atoms with Crippen molar-refractivity contribution in [1.29, 1.82) is 0 Å². The second kappa shape index (κ2) is 13.6. The van der Waals surface area contributed by atoms with Crippen LogP contribution in [0.4, 0.5) is 17.1 Å². The number of benzene rings is 8. The largest absolute Gasteiger partial charge is 0.456 e. The summed E-state index contributed by atoms with van der Waals surface area (Å²) in [5, 5.41) is 7.31. The molecule has 0 spiro atoms. The molecular weight excluding hydrogens is 631 g/mol. The molecule has 9 aromatic rings. The van der Waals surface area contributed by atoms with E-state index in [9.17, 15) is 0 Å². The summed E-state index contributed by atoms with van der Waals surface area (Å²) in [5.74, 6) is 0. The quantitative estimate of drug-likeness (QED) is 0.113. The molecule has 0 aliphatic heterocycles. The Kier molecular flexibility index (Phi) is 8.19. The third-order valence-electron chi connectivity index (χ3n) is 10.1. The van der Waals surface area contributed by atoms with E-state index in [0.717, 1.165) is 51.8 Å². The van der Waals surface area contributed by atoms with E-state index in [1.807, 2.05) is 18.2 Å². The second-order valence-corrected chi connectivity index (χ2v) is 13.3. The van der Waals surface area contributed by atoms with Crippen LogP contribution in [0.25, 0.3) is 60.7 Å². The number of hydrogen-bond donors (Lipinski definition) is 0. The number of rotatable bonds is 9. The molecule has 0 atom stereocenters. The minimum absolute atomic E-state index is 0.849. The van der Waals surface area contributed by atoms with Gasteiger partial charge in [-0.05, 0) is 111 Å². The zero-order chi connectivity index (χ0) is 34.9. The molecule has 0 radical (unpaired) electrons. The lowest BCUT2D eigenvalue weighted by molar-refractivity contribution is 0.669. The molecule has 2 nitrogen and oxygen atoms in total. The van der Waals surface area contributed by atoms with Gasteiger partial charge in [0.25, 0.3) is 0 Å². The highest BCUT2D eigenvalue weighted by molar-refractivity contribution is 6.14. The van der Waals surface area contributed by atoms with E-state index in [1.165, 1.54) is 49.4 Å². The van der Waals surface area contributed by atoms with Gasteiger partial charge in [-0.3, -0.25) is 0 Å². The summed E-state index contributed by atoms with van der Waals surface area (Å²) >= 11 is 0. The van der Waals surface area contributed by atoms with Crippen molar-refractivity contribution >= 4 is 66.6 Å². The van der Waals surface area contributed by atoms with Crippen LogP contribution in [0.5, 0.6) is 0 Å². The molecule has 0 unspecified atom stereocenters. The van der Waals surface area contributed by atoms with Gasteiger partial charge >= 0.3 is 0 Å². The highest BCUT2D eigenvalue weighted by Gasteiger charge is 2.16. The standard InChI is InChI=1S/C50H37NO/c1-2-12-36-14-3-4-15-37(36)17-11-13-35-23-27-40(28-24-35)51(42-31-32-47-46-21-9-10-22-49(46)52-50(47)34-42)41-29-25-38(26-30-41)48-33-39-16-5-6-18-43(39)44-19-7-8-20-45(44)48/h2-11,14-34H,1,12-13H2/b17-11-. The van der Waals surface area contributed by atoms with Crippen LogP contribution in [0.2, 0.25) is 0 Å². The molecule has 0 saturated carbocycles. The van der Waals surface area contributed by atoms with Crippen LogP contribution < -0.4 is 4.90 Å².